The summed E-state index contributed by atoms with van der Waals surface area (Å²) in [6.07, 6.45) is 11.3. The van der Waals surface area contributed by atoms with Gasteiger partial charge in [-0.15, -0.1) is 0 Å². The molecule has 1 aromatic rings. The smallest absolute Gasteiger partial charge is 0.320 e. The zero-order chi connectivity index (χ0) is 23.9. The van der Waals surface area contributed by atoms with Crippen LogP contribution in [0.4, 0.5) is 4.79 Å². The summed E-state index contributed by atoms with van der Waals surface area (Å²) in [6, 6.07) is 2.60. The van der Waals surface area contributed by atoms with Gasteiger partial charge in [-0.1, -0.05) is 0 Å². The number of urea groups is 1. The summed E-state index contributed by atoms with van der Waals surface area (Å²) >= 11 is 0. The third-order valence-corrected chi connectivity index (χ3v) is 7.68. The SMILES string of the molecule is CN(C)CCN1CC2(CCN(C3=CN=CC(C#N)(c4cnn(C)c4)N3)CC2)N(CC2CC2)C1=O. The Hall–Kier alpha value is -3.06. The summed E-state index contributed by atoms with van der Waals surface area (Å²) < 4.78 is 1.69. The third kappa shape index (κ3) is 4.13. The number of likely N-dealkylation sites (N-methyl/N-ethyl adjacent to an activating group) is 1. The second-order valence-corrected chi connectivity index (χ2v) is 10.5. The van der Waals surface area contributed by atoms with Crippen LogP contribution < -0.4 is 5.32 Å². The lowest BCUT2D eigenvalue weighted by Crippen LogP contribution is -2.57. The predicted molar refractivity (Wildman–Crippen MR) is 129 cm³/mol. The molecular formula is C24H35N9O. The van der Waals surface area contributed by atoms with Crippen LogP contribution in [0.3, 0.4) is 0 Å². The van der Waals surface area contributed by atoms with E-state index in [1.807, 2.05) is 13.2 Å². The number of nitrogens with one attached hydrogen (secondary N) is 1. The third-order valence-electron chi connectivity index (χ3n) is 7.68. The van der Waals surface area contributed by atoms with Crippen molar-refractivity contribution in [1.29, 1.82) is 5.26 Å². The van der Waals surface area contributed by atoms with Gasteiger partial charge >= 0.3 is 6.03 Å². The van der Waals surface area contributed by atoms with E-state index >= 15 is 0 Å². The Kier molecular flexibility index (Phi) is 5.76. The monoisotopic (exact) mass is 465 g/mol. The summed E-state index contributed by atoms with van der Waals surface area (Å²) in [7, 11) is 5.95. The van der Waals surface area contributed by atoms with Gasteiger partial charge in [-0.3, -0.25) is 9.67 Å². The average Bonchev–Trinajstić information content (AvgIpc) is 3.50. The highest BCUT2D eigenvalue weighted by Crippen LogP contribution is 2.41. The Morgan fingerprint density at radius 1 is 1.29 bits per heavy atom. The lowest BCUT2D eigenvalue weighted by molar-refractivity contribution is 0.0816. The molecule has 1 unspecified atom stereocenters. The number of aryl methyl sites for hydroxylation is 1. The maximum Gasteiger partial charge on any atom is 0.320 e. The molecule has 34 heavy (non-hydrogen) atoms. The van der Waals surface area contributed by atoms with Crippen LogP contribution in [0.15, 0.2) is 29.4 Å². The maximum atomic E-state index is 13.4. The molecule has 5 rings (SSSR count). The zero-order valence-corrected chi connectivity index (χ0v) is 20.4. The number of carbonyl (C=O) groups is 1. The second-order valence-electron chi connectivity index (χ2n) is 10.5. The number of nitriles is 1. The van der Waals surface area contributed by atoms with E-state index in [9.17, 15) is 10.1 Å². The highest BCUT2D eigenvalue weighted by molar-refractivity contribution is 5.79. The number of amides is 2. The Morgan fingerprint density at radius 3 is 2.68 bits per heavy atom. The Bertz CT molecular complexity index is 1030. The fourth-order valence-corrected chi connectivity index (χ4v) is 5.34. The number of hydrogen-bond acceptors (Lipinski definition) is 7. The number of hydrogen-bond donors (Lipinski definition) is 1. The minimum Gasteiger partial charge on any atom is -0.357 e. The van der Waals surface area contributed by atoms with Crippen LogP contribution in [0.1, 0.15) is 31.2 Å². The molecule has 3 aliphatic heterocycles. The number of aromatic nitrogens is 2. The predicted octanol–water partition coefficient (Wildman–Crippen LogP) is 1.16. The first-order chi connectivity index (χ1) is 16.3. The molecule has 0 bridgehead atoms. The minimum absolute atomic E-state index is 0.101. The largest absolute Gasteiger partial charge is 0.357 e. The second kappa shape index (κ2) is 8.62. The number of piperidine rings is 1. The van der Waals surface area contributed by atoms with Gasteiger partial charge in [-0.25, -0.2) is 4.79 Å². The lowest BCUT2D eigenvalue weighted by atomic mass is 9.86. The number of carbonyl (C=O) groups excluding carboxylic acids is 1. The first-order valence-corrected chi connectivity index (χ1v) is 12.2. The summed E-state index contributed by atoms with van der Waals surface area (Å²) in [5.74, 6) is 1.52. The molecule has 3 fully saturated rings. The maximum absolute atomic E-state index is 13.4. The fraction of sp³-hybridized carbons (Fsp3) is 0.667. The van der Waals surface area contributed by atoms with Crippen molar-refractivity contribution in [3.05, 3.63) is 30.0 Å². The van der Waals surface area contributed by atoms with Gasteiger partial charge in [0.1, 0.15) is 11.9 Å². The molecule has 1 atom stereocenters. The topological polar surface area (TPSA) is 96.0 Å². The number of rotatable bonds is 7. The lowest BCUT2D eigenvalue weighted by Gasteiger charge is -2.46. The normalized spacial score (nSPS) is 26.3. The Morgan fingerprint density at radius 2 is 2.06 bits per heavy atom. The first kappa shape index (κ1) is 22.7. The van der Waals surface area contributed by atoms with Gasteiger partial charge in [0.15, 0.2) is 5.54 Å². The van der Waals surface area contributed by atoms with Crippen LogP contribution in [0.5, 0.6) is 0 Å². The van der Waals surface area contributed by atoms with Gasteiger partial charge in [0.25, 0.3) is 0 Å². The van der Waals surface area contributed by atoms with E-state index in [2.05, 4.69) is 55.2 Å². The highest BCUT2D eigenvalue weighted by atomic mass is 16.2. The van der Waals surface area contributed by atoms with Gasteiger partial charge in [0.05, 0.1) is 17.9 Å². The Labute approximate surface area is 201 Å². The quantitative estimate of drug-likeness (QED) is 0.649. The molecule has 182 valence electrons. The molecule has 2 saturated heterocycles. The molecule has 10 heteroatoms. The van der Waals surface area contributed by atoms with Crippen LogP contribution in [0.2, 0.25) is 0 Å². The van der Waals surface area contributed by atoms with E-state index in [0.717, 1.165) is 63.5 Å². The molecule has 1 N–H and O–H groups in total. The summed E-state index contributed by atoms with van der Waals surface area (Å²) in [6.45, 7) is 4.99. The van der Waals surface area contributed by atoms with Crippen LogP contribution in [-0.2, 0) is 12.6 Å². The molecule has 1 saturated carbocycles. The molecule has 1 aliphatic carbocycles. The average molecular weight is 466 g/mol. The standard InChI is InChI=1S/C24H35N9O/c1-29(2)10-11-32-18-23(33(22(32)34)14-19-4-5-19)6-8-31(9-7-23)21-13-26-17-24(16-25,28-21)20-12-27-30(3)15-20/h12-13,15,17,19,28H,4-11,14,18H2,1-3H3. The van der Waals surface area contributed by atoms with E-state index in [0.29, 0.717) is 5.92 Å². The summed E-state index contributed by atoms with van der Waals surface area (Å²) in [5.41, 5.74) is -0.358. The van der Waals surface area contributed by atoms with Crippen molar-refractivity contribution < 1.29 is 4.79 Å². The fourth-order valence-electron chi connectivity index (χ4n) is 5.34. The number of aliphatic imine (C=N–C) groups is 1. The molecule has 0 radical (unpaired) electrons. The number of nitrogens with zero attached hydrogens (tertiary/aromatic N) is 8. The molecule has 2 amide bonds. The van der Waals surface area contributed by atoms with Gasteiger partial charge in [0.2, 0.25) is 0 Å². The molecule has 10 nitrogen and oxygen atoms in total. The van der Waals surface area contributed by atoms with Gasteiger partial charge < -0.3 is 24.9 Å². The number of likely N-dealkylation sites (tertiary alicyclic amines) is 1. The van der Waals surface area contributed by atoms with Gasteiger partial charge in [-0.05, 0) is 45.7 Å². The van der Waals surface area contributed by atoms with Crippen LogP contribution >= 0.6 is 0 Å². The summed E-state index contributed by atoms with van der Waals surface area (Å²) in [4.78, 5) is 26.5. The van der Waals surface area contributed by atoms with Crippen molar-refractivity contribution in [2.24, 2.45) is 18.0 Å². The molecule has 4 aliphatic rings. The van der Waals surface area contributed by atoms with E-state index in [1.165, 1.54) is 12.8 Å². The highest BCUT2D eigenvalue weighted by Gasteiger charge is 2.52. The van der Waals surface area contributed by atoms with Crippen molar-refractivity contribution in [3.63, 3.8) is 0 Å². The molecule has 4 heterocycles. The van der Waals surface area contributed by atoms with E-state index in [1.54, 1.807) is 23.3 Å². The molecular weight excluding hydrogens is 430 g/mol. The zero-order valence-electron chi connectivity index (χ0n) is 20.4. The van der Waals surface area contributed by atoms with Gasteiger partial charge in [0, 0.05) is 64.3 Å². The molecule has 0 aromatic carbocycles. The van der Waals surface area contributed by atoms with Gasteiger partial charge in [-0.2, -0.15) is 10.4 Å². The summed E-state index contributed by atoms with van der Waals surface area (Å²) in [5, 5.41) is 17.7. The minimum atomic E-state index is -1.03. The Balaban J connectivity index is 1.29. The van der Waals surface area contributed by atoms with Crippen molar-refractivity contribution in [1.82, 2.24) is 34.7 Å². The van der Waals surface area contributed by atoms with Crippen LogP contribution in [0, 0.1) is 17.2 Å². The van der Waals surface area contributed by atoms with Crippen LogP contribution in [-0.4, -0.2) is 101 Å². The molecule has 1 aromatic heterocycles. The van der Waals surface area contributed by atoms with Crippen molar-refractivity contribution in [2.45, 2.75) is 36.8 Å². The molecule has 1 spiro atoms. The van der Waals surface area contributed by atoms with Crippen molar-refractivity contribution >= 4 is 12.2 Å². The van der Waals surface area contributed by atoms with Crippen LogP contribution in [0.25, 0.3) is 0 Å². The van der Waals surface area contributed by atoms with Crippen molar-refractivity contribution in [2.75, 3.05) is 53.4 Å². The van der Waals surface area contributed by atoms with Crippen molar-refractivity contribution in [3.8, 4) is 6.07 Å². The van der Waals surface area contributed by atoms with E-state index < -0.39 is 5.54 Å². The van der Waals surface area contributed by atoms with E-state index in [4.69, 9.17) is 0 Å². The van der Waals surface area contributed by atoms with E-state index in [-0.39, 0.29) is 11.6 Å². The first-order valence-electron chi connectivity index (χ1n) is 12.2.